The average molecular weight is 309 g/mol. The number of hydrogen-bond donors (Lipinski definition) is 1. The Balaban J connectivity index is 1.97. The molecule has 0 amide bonds. The highest BCUT2D eigenvalue weighted by Gasteiger charge is 2.60. The lowest BCUT2D eigenvalue weighted by atomic mass is 9.46. The lowest BCUT2D eigenvalue weighted by Gasteiger charge is -2.56. The second kappa shape index (κ2) is 5.20. The number of ether oxygens (including phenoxy) is 1. The van der Waals surface area contributed by atoms with Gasteiger partial charge in [0.2, 0.25) is 0 Å². The van der Waals surface area contributed by atoms with Crippen LogP contribution in [0.2, 0.25) is 5.02 Å². The molecule has 3 nitrogen and oxygen atoms in total. The highest BCUT2D eigenvalue weighted by Crippen LogP contribution is 2.63. The minimum absolute atomic E-state index is 0.226. The summed E-state index contributed by atoms with van der Waals surface area (Å²) in [5.41, 5.74) is 0.138. The highest BCUT2D eigenvalue weighted by atomic mass is 35.5. The fraction of sp³-hybridized carbons (Fsp3) is 0.588. The second-order valence-electron chi connectivity index (χ2n) is 6.65. The van der Waals surface area contributed by atoms with Gasteiger partial charge < -0.3 is 9.84 Å². The Kier molecular flexibility index (Phi) is 3.64. The number of carboxylic acids is 1. The van der Waals surface area contributed by atoms with Crippen molar-refractivity contribution in [3.05, 3.63) is 28.8 Å². The Morgan fingerprint density at radius 3 is 2.48 bits per heavy atom. The summed E-state index contributed by atoms with van der Waals surface area (Å²) < 4.78 is 5.39. The normalized spacial score (nSPS) is 22.6. The molecular weight excluding hydrogens is 288 g/mol. The summed E-state index contributed by atoms with van der Waals surface area (Å²) >= 11 is 6.09. The maximum absolute atomic E-state index is 12.0. The molecule has 0 radical (unpaired) electrons. The van der Waals surface area contributed by atoms with Crippen LogP contribution in [-0.2, 0) is 10.2 Å². The molecule has 1 N–H and O–H groups in total. The van der Waals surface area contributed by atoms with Gasteiger partial charge in [0.1, 0.15) is 5.75 Å². The Morgan fingerprint density at radius 1 is 1.24 bits per heavy atom. The summed E-state index contributed by atoms with van der Waals surface area (Å²) in [4.78, 5) is 12.0. The van der Waals surface area contributed by atoms with E-state index in [0.29, 0.717) is 23.6 Å². The summed E-state index contributed by atoms with van der Waals surface area (Å²) in [7, 11) is 1.58. The Hall–Kier alpha value is -1.22. The van der Waals surface area contributed by atoms with Crippen LogP contribution < -0.4 is 4.74 Å². The first-order valence-electron chi connectivity index (χ1n) is 7.59. The van der Waals surface area contributed by atoms with E-state index in [4.69, 9.17) is 16.3 Å². The molecule has 0 bridgehead atoms. The molecule has 1 aromatic carbocycles. The monoisotopic (exact) mass is 308 g/mol. The number of carboxylic acid groups (broad SMARTS) is 1. The number of halogens is 1. The molecule has 1 spiro atoms. The van der Waals surface area contributed by atoms with Crippen LogP contribution in [0.1, 0.15) is 50.5 Å². The van der Waals surface area contributed by atoms with E-state index in [1.54, 1.807) is 25.3 Å². The quantitative estimate of drug-likeness (QED) is 0.899. The Bertz CT molecular complexity index is 553. The van der Waals surface area contributed by atoms with E-state index in [-0.39, 0.29) is 5.41 Å². The van der Waals surface area contributed by atoms with Crippen LogP contribution in [0.15, 0.2) is 18.2 Å². The maximum Gasteiger partial charge on any atom is 0.314 e. The predicted molar refractivity (Wildman–Crippen MR) is 82.1 cm³/mol. The zero-order valence-electron chi connectivity index (χ0n) is 12.3. The largest absolute Gasteiger partial charge is 0.496 e. The number of aliphatic carboxylic acids is 1. The van der Waals surface area contributed by atoms with Gasteiger partial charge in [-0.1, -0.05) is 30.9 Å². The van der Waals surface area contributed by atoms with E-state index in [0.717, 1.165) is 18.4 Å². The topological polar surface area (TPSA) is 46.5 Å². The fourth-order valence-corrected chi connectivity index (χ4v) is 4.57. The first-order valence-corrected chi connectivity index (χ1v) is 7.97. The van der Waals surface area contributed by atoms with Crippen LogP contribution in [0.4, 0.5) is 0 Å². The minimum atomic E-state index is -0.826. The molecule has 0 saturated heterocycles. The number of benzene rings is 1. The molecule has 2 aliphatic carbocycles. The molecule has 21 heavy (non-hydrogen) atoms. The van der Waals surface area contributed by atoms with Gasteiger partial charge in [0, 0.05) is 10.6 Å². The summed E-state index contributed by atoms with van der Waals surface area (Å²) in [6, 6.07) is 5.28. The van der Waals surface area contributed by atoms with E-state index in [2.05, 4.69) is 0 Å². The average Bonchev–Trinajstić information content (AvgIpc) is 2.45. The third kappa shape index (κ3) is 2.32. The van der Waals surface area contributed by atoms with Gasteiger partial charge in [-0.15, -0.1) is 0 Å². The summed E-state index contributed by atoms with van der Waals surface area (Å²) in [5.74, 6) is -0.119. The highest BCUT2D eigenvalue weighted by molar-refractivity contribution is 6.30. The minimum Gasteiger partial charge on any atom is -0.496 e. The fourth-order valence-electron chi connectivity index (χ4n) is 4.39. The summed E-state index contributed by atoms with van der Waals surface area (Å²) in [5, 5.41) is 10.4. The van der Waals surface area contributed by atoms with E-state index in [9.17, 15) is 9.90 Å². The van der Waals surface area contributed by atoms with Crippen molar-refractivity contribution in [3.8, 4) is 5.75 Å². The molecule has 2 saturated carbocycles. The smallest absolute Gasteiger partial charge is 0.314 e. The van der Waals surface area contributed by atoms with E-state index < -0.39 is 11.4 Å². The van der Waals surface area contributed by atoms with Crippen LogP contribution in [0, 0.1) is 5.41 Å². The van der Waals surface area contributed by atoms with Gasteiger partial charge in [-0.3, -0.25) is 4.79 Å². The van der Waals surface area contributed by atoms with Crippen LogP contribution in [0.3, 0.4) is 0 Å². The van der Waals surface area contributed by atoms with Crippen LogP contribution >= 0.6 is 11.6 Å². The molecule has 4 heteroatoms. The zero-order chi connectivity index (χ0) is 15.1. The molecular formula is C17H21ClO3. The molecule has 1 aromatic rings. The zero-order valence-corrected chi connectivity index (χ0v) is 13.1. The molecule has 2 fully saturated rings. The number of carbonyl (C=O) groups is 1. The third-order valence-corrected chi connectivity index (χ3v) is 5.59. The summed E-state index contributed by atoms with van der Waals surface area (Å²) in [6.45, 7) is 0. The van der Waals surface area contributed by atoms with E-state index in [1.807, 2.05) is 0 Å². The molecule has 114 valence electrons. The molecule has 0 atom stereocenters. The molecule has 0 aliphatic heterocycles. The lowest BCUT2D eigenvalue weighted by Crippen LogP contribution is -2.55. The SMILES string of the molecule is COc1ccc(Cl)cc1C1(C(=O)O)CC2(CCCCC2)C1. The van der Waals surface area contributed by atoms with Crippen molar-refractivity contribution in [2.24, 2.45) is 5.41 Å². The number of rotatable bonds is 3. The summed E-state index contributed by atoms with van der Waals surface area (Å²) in [6.07, 6.45) is 7.47. The van der Waals surface area contributed by atoms with Crippen molar-refractivity contribution in [1.29, 1.82) is 0 Å². The second-order valence-corrected chi connectivity index (χ2v) is 7.08. The van der Waals surface area contributed by atoms with Gasteiger partial charge >= 0.3 is 5.97 Å². The van der Waals surface area contributed by atoms with Crippen LogP contribution in [0.25, 0.3) is 0 Å². The molecule has 3 rings (SSSR count). The predicted octanol–water partition coefficient (Wildman–Crippen LogP) is 4.42. The van der Waals surface area contributed by atoms with Gasteiger partial charge in [0.25, 0.3) is 0 Å². The number of methoxy groups -OCH3 is 1. The van der Waals surface area contributed by atoms with Gasteiger partial charge in [0.15, 0.2) is 0 Å². The van der Waals surface area contributed by atoms with Crippen molar-refractivity contribution >= 4 is 17.6 Å². The first-order chi connectivity index (χ1) is 10.0. The van der Waals surface area contributed by atoms with Crippen LogP contribution in [-0.4, -0.2) is 18.2 Å². The molecule has 0 aromatic heterocycles. The van der Waals surface area contributed by atoms with Crippen molar-refractivity contribution in [2.45, 2.75) is 50.4 Å². The van der Waals surface area contributed by atoms with Crippen LogP contribution in [0.5, 0.6) is 5.75 Å². The molecule has 2 aliphatic rings. The maximum atomic E-state index is 12.0. The molecule has 0 unspecified atom stereocenters. The Labute approximate surface area is 130 Å². The van der Waals surface area contributed by atoms with Gasteiger partial charge in [0.05, 0.1) is 12.5 Å². The number of hydrogen-bond acceptors (Lipinski definition) is 2. The van der Waals surface area contributed by atoms with E-state index in [1.165, 1.54) is 19.3 Å². The van der Waals surface area contributed by atoms with Gasteiger partial charge in [-0.2, -0.15) is 0 Å². The van der Waals surface area contributed by atoms with Crippen molar-refractivity contribution in [2.75, 3.05) is 7.11 Å². The van der Waals surface area contributed by atoms with Crippen molar-refractivity contribution < 1.29 is 14.6 Å². The van der Waals surface area contributed by atoms with Gasteiger partial charge in [-0.25, -0.2) is 0 Å². The lowest BCUT2D eigenvalue weighted by molar-refractivity contribution is -0.156. The Morgan fingerprint density at radius 2 is 1.90 bits per heavy atom. The third-order valence-electron chi connectivity index (χ3n) is 5.35. The molecule has 0 heterocycles. The van der Waals surface area contributed by atoms with Crippen molar-refractivity contribution in [3.63, 3.8) is 0 Å². The standard InChI is InChI=1S/C17H21ClO3/c1-21-14-6-5-12(18)9-13(14)17(15(19)20)10-16(11-17)7-3-2-4-8-16/h5-6,9H,2-4,7-8,10-11H2,1H3,(H,19,20). The first kappa shape index (κ1) is 14.7. The van der Waals surface area contributed by atoms with Gasteiger partial charge in [-0.05, 0) is 49.3 Å². The van der Waals surface area contributed by atoms with Crippen molar-refractivity contribution in [1.82, 2.24) is 0 Å². The van der Waals surface area contributed by atoms with E-state index >= 15 is 0 Å².